The molecule has 0 aliphatic rings. The molecule has 0 fully saturated rings. The Bertz CT molecular complexity index is 538. The molecule has 0 aromatic heterocycles. The lowest BCUT2D eigenvalue weighted by Gasteiger charge is -2.17. The largest absolute Gasteiger partial charge is 0.468 e. The zero-order valence-corrected chi connectivity index (χ0v) is 15.8. The van der Waals surface area contributed by atoms with Gasteiger partial charge in [-0.05, 0) is 37.3 Å². The van der Waals surface area contributed by atoms with Crippen LogP contribution in [0, 0.1) is 0 Å². The average Bonchev–Trinajstić information content (AvgIpc) is 2.62. The van der Waals surface area contributed by atoms with Gasteiger partial charge in [0.2, 0.25) is 0 Å². The SMILES string of the molecule is CCCCCCN=C(O[C@@H](/C=C/CCc1ccccc1)CC)C(F)(F)F. The summed E-state index contributed by atoms with van der Waals surface area (Å²) in [5.74, 6) is -1.10. The molecule has 0 spiro atoms. The van der Waals surface area contributed by atoms with Gasteiger partial charge >= 0.3 is 6.18 Å². The molecular weight excluding hydrogens is 339 g/mol. The third-order valence-corrected chi connectivity index (χ3v) is 3.97. The zero-order chi connectivity index (χ0) is 19.3. The van der Waals surface area contributed by atoms with E-state index in [9.17, 15) is 13.2 Å². The first-order chi connectivity index (χ1) is 12.5. The van der Waals surface area contributed by atoms with Crippen LogP contribution in [-0.2, 0) is 11.2 Å². The number of ether oxygens (including phenoxy) is 1. The summed E-state index contributed by atoms with van der Waals surface area (Å²) in [6, 6.07) is 9.98. The molecule has 0 radical (unpaired) electrons. The molecule has 1 aromatic rings. The van der Waals surface area contributed by atoms with Crippen molar-refractivity contribution in [2.24, 2.45) is 4.99 Å². The van der Waals surface area contributed by atoms with Gasteiger partial charge in [0.15, 0.2) is 0 Å². The summed E-state index contributed by atoms with van der Waals surface area (Å²) < 4.78 is 44.5. The monoisotopic (exact) mass is 369 g/mol. The van der Waals surface area contributed by atoms with Crippen LogP contribution in [-0.4, -0.2) is 24.7 Å². The summed E-state index contributed by atoms with van der Waals surface area (Å²) in [7, 11) is 0. The maximum absolute atomic E-state index is 13.1. The minimum Gasteiger partial charge on any atom is -0.467 e. The van der Waals surface area contributed by atoms with Crippen LogP contribution in [0.2, 0.25) is 0 Å². The van der Waals surface area contributed by atoms with Crippen LogP contribution in [0.3, 0.4) is 0 Å². The highest BCUT2D eigenvalue weighted by atomic mass is 19.4. The van der Waals surface area contributed by atoms with Crippen molar-refractivity contribution in [2.75, 3.05) is 6.54 Å². The fourth-order valence-corrected chi connectivity index (χ4v) is 2.46. The molecule has 146 valence electrons. The Morgan fingerprint density at radius 1 is 1.12 bits per heavy atom. The average molecular weight is 369 g/mol. The first-order valence-electron chi connectivity index (χ1n) is 9.46. The predicted molar refractivity (Wildman–Crippen MR) is 102 cm³/mol. The molecule has 2 nitrogen and oxygen atoms in total. The fourth-order valence-electron chi connectivity index (χ4n) is 2.46. The molecule has 5 heteroatoms. The molecule has 26 heavy (non-hydrogen) atoms. The number of allylic oxidation sites excluding steroid dienone is 1. The summed E-state index contributed by atoms with van der Waals surface area (Å²) >= 11 is 0. The molecule has 1 rings (SSSR count). The fraction of sp³-hybridized carbons (Fsp3) is 0.571. The van der Waals surface area contributed by atoms with Crippen molar-refractivity contribution >= 4 is 5.90 Å². The third kappa shape index (κ3) is 9.64. The van der Waals surface area contributed by atoms with Crippen molar-refractivity contribution in [3.63, 3.8) is 0 Å². The Hall–Kier alpha value is -1.78. The van der Waals surface area contributed by atoms with Crippen molar-refractivity contribution in [1.82, 2.24) is 0 Å². The van der Waals surface area contributed by atoms with E-state index in [0.29, 0.717) is 12.8 Å². The Kier molecular flexibility index (Phi) is 10.7. The number of halogens is 3. The van der Waals surface area contributed by atoms with Gasteiger partial charge in [-0.2, -0.15) is 13.2 Å². The summed E-state index contributed by atoms with van der Waals surface area (Å²) in [5.41, 5.74) is 1.20. The molecule has 0 saturated heterocycles. The minimum atomic E-state index is -4.55. The van der Waals surface area contributed by atoms with E-state index in [0.717, 1.165) is 32.1 Å². The summed E-state index contributed by atoms with van der Waals surface area (Å²) in [6.45, 7) is 4.02. The summed E-state index contributed by atoms with van der Waals surface area (Å²) in [5, 5.41) is 0. The van der Waals surface area contributed by atoms with Crippen molar-refractivity contribution in [3.8, 4) is 0 Å². The number of alkyl halides is 3. The van der Waals surface area contributed by atoms with Gasteiger partial charge in [0, 0.05) is 6.54 Å². The van der Waals surface area contributed by atoms with E-state index in [1.807, 2.05) is 36.4 Å². The van der Waals surface area contributed by atoms with Crippen LogP contribution in [0.25, 0.3) is 0 Å². The van der Waals surface area contributed by atoms with Crippen LogP contribution >= 0.6 is 0 Å². The number of aryl methyl sites for hydroxylation is 1. The standard InChI is InChI=1S/C21H30F3NO/c1-3-5-6-12-17-25-20(21(22,23)24)26-19(4-2)16-11-10-15-18-13-8-7-9-14-18/h7-9,11,13-14,16,19H,3-6,10,12,15,17H2,1-2H3/b16-11+,25-20?/t19-/m1/s1. The lowest BCUT2D eigenvalue weighted by molar-refractivity contribution is -0.0816. The smallest absolute Gasteiger partial charge is 0.467 e. The van der Waals surface area contributed by atoms with E-state index in [2.05, 4.69) is 11.9 Å². The third-order valence-electron chi connectivity index (χ3n) is 3.97. The van der Waals surface area contributed by atoms with Crippen molar-refractivity contribution < 1.29 is 17.9 Å². The molecular formula is C21H30F3NO. The molecule has 0 bridgehead atoms. The number of aliphatic imine (C=N–C) groups is 1. The van der Waals surface area contributed by atoms with Crippen LogP contribution in [0.15, 0.2) is 47.5 Å². The van der Waals surface area contributed by atoms with Crippen LogP contribution in [0.5, 0.6) is 0 Å². The van der Waals surface area contributed by atoms with Crippen molar-refractivity contribution in [3.05, 3.63) is 48.0 Å². The van der Waals surface area contributed by atoms with E-state index in [-0.39, 0.29) is 6.54 Å². The molecule has 0 aliphatic heterocycles. The Labute approximate surface area is 155 Å². The number of nitrogens with zero attached hydrogens (tertiary/aromatic N) is 1. The zero-order valence-electron chi connectivity index (χ0n) is 15.8. The van der Waals surface area contributed by atoms with Crippen LogP contribution in [0.4, 0.5) is 13.2 Å². The molecule has 1 aromatic carbocycles. The highest BCUT2D eigenvalue weighted by Crippen LogP contribution is 2.21. The van der Waals surface area contributed by atoms with E-state index in [1.165, 1.54) is 5.56 Å². The van der Waals surface area contributed by atoms with Gasteiger partial charge < -0.3 is 4.74 Å². The summed E-state index contributed by atoms with van der Waals surface area (Å²) in [6.07, 6.45) is 4.12. The number of hydrogen-bond acceptors (Lipinski definition) is 2. The number of rotatable bonds is 11. The Morgan fingerprint density at radius 2 is 1.85 bits per heavy atom. The van der Waals surface area contributed by atoms with E-state index < -0.39 is 18.2 Å². The quantitative estimate of drug-likeness (QED) is 0.188. The second-order valence-corrected chi connectivity index (χ2v) is 6.26. The van der Waals surface area contributed by atoms with Crippen molar-refractivity contribution in [2.45, 2.75) is 71.1 Å². The van der Waals surface area contributed by atoms with Gasteiger partial charge in [-0.1, -0.05) is 69.5 Å². The van der Waals surface area contributed by atoms with E-state index in [1.54, 1.807) is 13.0 Å². The topological polar surface area (TPSA) is 21.6 Å². The van der Waals surface area contributed by atoms with E-state index >= 15 is 0 Å². The minimum absolute atomic E-state index is 0.156. The predicted octanol–water partition coefficient (Wildman–Crippen LogP) is 6.51. The van der Waals surface area contributed by atoms with Crippen molar-refractivity contribution in [1.29, 1.82) is 0 Å². The molecule has 0 amide bonds. The lowest BCUT2D eigenvalue weighted by Crippen LogP contribution is -2.30. The van der Waals surface area contributed by atoms with Crippen LogP contribution < -0.4 is 0 Å². The second-order valence-electron chi connectivity index (χ2n) is 6.26. The molecule has 0 N–H and O–H groups in total. The summed E-state index contributed by atoms with van der Waals surface area (Å²) in [4.78, 5) is 3.67. The number of benzene rings is 1. The normalized spacial score (nSPS) is 14.0. The van der Waals surface area contributed by atoms with E-state index in [4.69, 9.17) is 4.74 Å². The molecule has 0 aliphatic carbocycles. The maximum Gasteiger partial charge on any atom is 0.468 e. The molecule has 0 saturated carbocycles. The van der Waals surface area contributed by atoms with Gasteiger partial charge in [-0.3, -0.25) is 0 Å². The first-order valence-corrected chi connectivity index (χ1v) is 9.46. The van der Waals surface area contributed by atoms with Gasteiger partial charge in [-0.15, -0.1) is 0 Å². The lowest BCUT2D eigenvalue weighted by atomic mass is 10.1. The maximum atomic E-state index is 13.1. The number of unbranched alkanes of at least 4 members (excludes halogenated alkanes) is 3. The molecule has 0 heterocycles. The number of hydrogen-bond donors (Lipinski definition) is 0. The second kappa shape index (κ2) is 12.6. The Morgan fingerprint density at radius 3 is 2.46 bits per heavy atom. The Balaban J connectivity index is 2.53. The highest BCUT2D eigenvalue weighted by molar-refractivity contribution is 5.82. The molecule has 1 atom stereocenters. The highest BCUT2D eigenvalue weighted by Gasteiger charge is 2.39. The molecule has 0 unspecified atom stereocenters. The van der Waals surface area contributed by atoms with Gasteiger partial charge in [-0.25, -0.2) is 4.99 Å². The van der Waals surface area contributed by atoms with Gasteiger partial charge in [0.25, 0.3) is 5.90 Å². The van der Waals surface area contributed by atoms with Gasteiger partial charge in [0.1, 0.15) is 6.10 Å². The first kappa shape index (κ1) is 22.3. The van der Waals surface area contributed by atoms with Crippen LogP contribution in [0.1, 0.15) is 57.9 Å². The van der Waals surface area contributed by atoms with Gasteiger partial charge in [0.05, 0.1) is 0 Å².